The number of hydrogen-bond donors (Lipinski definition) is 1. The molecule has 1 aliphatic heterocycles. The van der Waals surface area contributed by atoms with E-state index in [0.717, 1.165) is 55.0 Å². The number of rotatable bonds is 3. The van der Waals surface area contributed by atoms with Crippen LogP contribution in [0.15, 0.2) is 47.3 Å². The second-order valence-corrected chi connectivity index (χ2v) is 7.97. The van der Waals surface area contributed by atoms with Crippen LogP contribution in [0, 0.1) is 0 Å². The zero-order valence-corrected chi connectivity index (χ0v) is 17.1. The minimum Gasteiger partial charge on any atom is -0.497 e. The summed E-state index contributed by atoms with van der Waals surface area (Å²) >= 11 is 0. The summed E-state index contributed by atoms with van der Waals surface area (Å²) in [5.41, 5.74) is 4.38. The second-order valence-electron chi connectivity index (χ2n) is 7.97. The Hall–Kier alpha value is -3.28. The van der Waals surface area contributed by atoms with Crippen molar-refractivity contribution in [1.82, 2.24) is 9.88 Å². The molecule has 30 heavy (non-hydrogen) atoms. The van der Waals surface area contributed by atoms with Gasteiger partial charge in [-0.1, -0.05) is 6.07 Å². The van der Waals surface area contributed by atoms with E-state index in [1.54, 1.807) is 7.11 Å². The van der Waals surface area contributed by atoms with Gasteiger partial charge in [-0.15, -0.1) is 0 Å². The van der Waals surface area contributed by atoms with Crippen LogP contribution < -0.4 is 15.1 Å². The van der Waals surface area contributed by atoms with Crippen molar-refractivity contribution in [2.24, 2.45) is 0 Å². The number of benzene rings is 2. The van der Waals surface area contributed by atoms with Crippen molar-refractivity contribution in [1.29, 1.82) is 0 Å². The number of fused-ring (bicyclic) bond motifs is 2. The maximum absolute atomic E-state index is 13.3. The largest absolute Gasteiger partial charge is 0.497 e. The van der Waals surface area contributed by atoms with Gasteiger partial charge in [-0.25, -0.2) is 0 Å². The third-order valence-corrected chi connectivity index (χ3v) is 6.31. The average Bonchev–Trinajstić information content (AvgIpc) is 3.28. The maximum Gasteiger partial charge on any atom is 0.256 e. The van der Waals surface area contributed by atoms with E-state index in [2.05, 4.69) is 9.88 Å². The van der Waals surface area contributed by atoms with Crippen LogP contribution in [0.1, 0.15) is 28.0 Å². The van der Waals surface area contributed by atoms with Crippen molar-refractivity contribution in [3.05, 3.63) is 69.5 Å². The maximum atomic E-state index is 13.3. The molecule has 2 aromatic carbocycles. The quantitative estimate of drug-likeness (QED) is 0.730. The van der Waals surface area contributed by atoms with Crippen LogP contribution in [0.3, 0.4) is 0 Å². The lowest BCUT2D eigenvalue weighted by molar-refractivity contribution is 0.0748. The lowest BCUT2D eigenvalue weighted by atomic mass is 10.0. The first-order valence-electron chi connectivity index (χ1n) is 10.5. The van der Waals surface area contributed by atoms with Crippen molar-refractivity contribution in [2.45, 2.75) is 19.3 Å². The van der Waals surface area contributed by atoms with Crippen molar-refractivity contribution >= 4 is 22.5 Å². The number of anilines is 1. The van der Waals surface area contributed by atoms with E-state index in [-0.39, 0.29) is 11.3 Å². The van der Waals surface area contributed by atoms with Gasteiger partial charge in [-0.2, -0.15) is 0 Å². The van der Waals surface area contributed by atoms with Gasteiger partial charge in [0.05, 0.1) is 18.2 Å². The molecular formula is C24H25N3O3. The number of aromatic nitrogens is 1. The Morgan fingerprint density at radius 2 is 1.77 bits per heavy atom. The number of aryl methyl sites for hydroxylation is 1. The van der Waals surface area contributed by atoms with Crippen molar-refractivity contribution in [3.63, 3.8) is 0 Å². The van der Waals surface area contributed by atoms with Gasteiger partial charge in [-0.05, 0) is 55.7 Å². The van der Waals surface area contributed by atoms with E-state index in [1.165, 1.54) is 0 Å². The number of carbonyl (C=O) groups is 1. The van der Waals surface area contributed by atoms with Crippen LogP contribution >= 0.6 is 0 Å². The molecule has 2 heterocycles. The molecule has 6 heteroatoms. The van der Waals surface area contributed by atoms with Gasteiger partial charge < -0.3 is 19.5 Å². The van der Waals surface area contributed by atoms with Crippen LogP contribution in [0.2, 0.25) is 0 Å². The summed E-state index contributed by atoms with van der Waals surface area (Å²) in [4.78, 5) is 33.8. The van der Waals surface area contributed by atoms with Gasteiger partial charge in [0.2, 0.25) is 0 Å². The highest BCUT2D eigenvalue weighted by Crippen LogP contribution is 2.25. The van der Waals surface area contributed by atoms with Crippen LogP contribution in [0.25, 0.3) is 10.9 Å². The Morgan fingerprint density at radius 3 is 2.50 bits per heavy atom. The van der Waals surface area contributed by atoms with Crippen molar-refractivity contribution in [2.75, 3.05) is 38.2 Å². The van der Waals surface area contributed by atoms with Crippen LogP contribution in [0.5, 0.6) is 5.75 Å². The molecule has 1 aromatic heterocycles. The number of piperazine rings is 1. The first kappa shape index (κ1) is 18.7. The molecule has 3 aromatic rings. The lowest BCUT2D eigenvalue weighted by Crippen LogP contribution is -2.48. The van der Waals surface area contributed by atoms with Crippen LogP contribution in [0.4, 0.5) is 5.69 Å². The summed E-state index contributed by atoms with van der Waals surface area (Å²) in [5, 5.41) is 0.623. The molecule has 5 rings (SSSR count). The third kappa shape index (κ3) is 3.12. The number of H-pyrrole nitrogens is 1. The third-order valence-electron chi connectivity index (χ3n) is 6.31. The molecule has 6 nitrogen and oxygen atoms in total. The topological polar surface area (TPSA) is 65.6 Å². The van der Waals surface area contributed by atoms with Gasteiger partial charge in [-0.3, -0.25) is 9.59 Å². The molecule has 1 fully saturated rings. The smallest absolute Gasteiger partial charge is 0.256 e. The van der Waals surface area contributed by atoms with Crippen LogP contribution in [-0.4, -0.2) is 49.1 Å². The Balaban J connectivity index is 1.37. The van der Waals surface area contributed by atoms with E-state index in [4.69, 9.17) is 4.74 Å². The Morgan fingerprint density at radius 1 is 1.00 bits per heavy atom. The number of amides is 1. The molecule has 0 bridgehead atoms. The standard InChI is InChI=1S/C24H25N3O3/c1-30-17-10-8-16(9-11-17)26-12-14-27(15-13-26)24(29)20-6-2-5-19-22(20)25-21-7-3-4-18(21)23(19)28/h2,5-6,8-11H,3-4,7,12-15H2,1H3,(H,25,28). The number of hydrogen-bond acceptors (Lipinski definition) is 4. The number of para-hydroxylation sites is 1. The molecule has 0 unspecified atom stereocenters. The molecule has 2 aliphatic rings. The Kier molecular flexibility index (Phi) is 4.69. The van der Waals surface area contributed by atoms with E-state index in [9.17, 15) is 9.59 Å². The van der Waals surface area contributed by atoms with Gasteiger partial charge >= 0.3 is 0 Å². The molecule has 0 spiro atoms. The van der Waals surface area contributed by atoms with Crippen molar-refractivity contribution < 1.29 is 9.53 Å². The molecule has 0 radical (unpaired) electrons. The lowest BCUT2D eigenvalue weighted by Gasteiger charge is -2.36. The predicted octanol–water partition coefficient (Wildman–Crippen LogP) is 2.99. The fourth-order valence-electron chi connectivity index (χ4n) is 4.63. The highest BCUT2D eigenvalue weighted by molar-refractivity contribution is 6.05. The zero-order valence-electron chi connectivity index (χ0n) is 17.1. The zero-order chi connectivity index (χ0) is 20.7. The fraction of sp³-hybridized carbons (Fsp3) is 0.333. The monoisotopic (exact) mass is 403 g/mol. The number of methoxy groups -OCH3 is 1. The summed E-state index contributed by atoms with van der Waals surface area (Å²) in [5.74, 6) is 0.826. The molecule has 0 saturated carbocycles. The van der Waals surface area contributed by atoms with Gasteiger partial charge in [0.1, 0.15) is 5.75 Å². The first-order chi connectivity index (χ1) is 14.7. The van der Waals surface area contributed by atoms with E-state index in [1.807, 2.05) is 47.4 Å². The van der Waals surface area contributed by atoms with Crippen molar-refractivity contribution in [3.8, 4) is 5.75 Å². The van der Waals surface area contributed by atoms with Gasteiger partial charge in [0.25, 0.3) is 5.91 Å². The summed E-state index contributed by atoms with van der Waals surface area (Å²) in [6, 6.07) is 13.5. The Labute approximate surface area is 175 Å². The number of aromatic amines is 1. The number of nitrogens with zero attached hydrogens (tertiary/aromatic N) is 2. The SMILES string of the molecule is COc1ccc(N2CCN(C(=O)c3cccc4c(=O)c5c([nH]c34)CCC5)CC2)cc1. The van der Waals surface area contributed by atoms with E-state index >= 15 is 0 Å². The first-order valence-corrected chi connectivity index (χ1v) is 10.5. The highest BCUT2D eigenvalue weighted by atomic mass is 16.5. The minimum absolute atomic E-state index is 0.0106. The van der Waals surface area contributed by atoms with Gasteiger partial charge in [0, 0.05) is 48.5 Å². The summed E-state index contributed by atoms with van der Waals surface area (Å²) < 4.78 is 5.23. The Bertz CT molecular complexity index is 1160. The molecule has 0 atom stereocenters. The molecule has 1 N–H and O–H groups in total. The summed E-state index contributed by atoms with van der Waals surface area (Å²) in [6.07, 6.45) is 2.70. The second kappa shape index (κ2) is 7.52. The van der Waals surface area contributed by atoms with E-state index in [0.29, 0.717) is 29.6 Å². The number of ether oxygens (including phenoxy) is 1. The van der Waals surface area contributed by atoms with Crippen LogP contribution in [-0.2, 0) is 12.8 Å². The molecule has 154 valence electrons. The number of carbonyl (C=O) groups excluding carboxylic acids is 1. The van der Waals surface area contributed by atoms with Gasteiger partial charge in [0.15, 0.2) is 5.43 Å². The molecule has 1 amide bonds. The van der Waals surface area contributed by atoms with E-state index < -0.39 is 0 Å². The summed E-state index contributed by atoms with van der Waals surface area (Å²) in [7, 11) is 1.66. The number of pyridine rings is 1. The minimum atomic E-state index is -0.0106. The molecule has 1 saturated heterocycles. The highest BCUT2D eigenvalue weighted by Gasteiger charge is 2.25. The molecule has 1 aliphatic carbocycles. The fourth-order valence-corrected chi connectivity index (χ4v) is 4.63. The average molecular weight is 403 g/mol. The molecular weight excluding hydrogens is 378 g/mol. The number of nitrogens with one attached hydrogen (secondary N) is 1. The normalized spacial score (nSPS) is 16.0. The predicted molar refractivity (Wildman–Crippen MR) is 118 cm³/mol. The summed E-state index contributed by atoms with van der Waals surface area (Å²) in [6.45, 7) is 2.84.